The number of alkyl carbamates (subject to hydrolysis) is 1. The lowest BCUT2D eigenvalue weighted by Crippen LogP contribution is -2.39. The second-order valence-electron chi connectivity index (χ2n) is 8.82. The van der Waals surface area contributed by atoms with E-state index >= 15 is 0 Å². The van der Waals surface area contributed by atoms with Crippen molar-refractivity contribution in [1.29, 1.82) is 0 Å². The Morgan fingerprint density at radius 1 is 1.23 bits per heavy atom. The molecule has 0 bridgehead atoms. The number of carbonyl (C=O) groups excluding carboxylic acids is 1. The van der Waals surface area contributed by atoms with E-state index in [-0.39, 0.29) is 23.0 Å². The van der Waals surface area contributed by atoms with Crippen molar-refractivity contribution in [3.8, 4) is 0 Å². The highest BCUT2D eigenvalue weighted by Gasteiger charge is 2.43. The van der Waals surface area contributed by atoms with E-state index < -0.39 is 0 Å². The van der Waals surface area contributed by atoms with E-state index in [9.17, 15) is 4.79 Å². The summed E-state index contributed by atoms with van der Waals surface area (Å²) in [4.78, 5) is 11.5. The van der Waals surface area contributed by atoms with Gasteiger partial charge in [-0.2, -0.15) is 0 Å². The molecule has 0 saturated carbocycles. The largest absolute Gasteiger partial charge is 0.444 e. The van der Waals surface area contributed by atoms with E-state index in [0.29, 0.717) is 12.5 Å². The summed E-state index contributed by atoms with van der Waals surface area (Å²) in [7, 11) is 0. The average molecular weight is 312 g/mol. The van der Waals surface area contributed by atoms with Crippen LogP contribution < -0.4 is 5.32 Å². The molecule has 3 heteroatoms. The minimum atomic E-state index is -0.249. The van der Waals surface area contributed by atoms with Gasteiger partial charge in [0.05, 0.1) is 6.54 Å². The molecule has 0 aromatic heterocycles. The Morgan fingerprint density at radius 2 is 1.91 bits per heavy atom. The van der Waals surface area contributed by atoms with Crippen LogP contribution in [-0.2, 0) is 4.74 Å². The second kappa shape index (κ2) is 8.21. The third-order valence-corrected chi connectivity index (χ3v) is 4.76. The summed E-state index contributed by atoms with van der Waals surface area (Å²) < 4.78 is 5.57. The molecule has 1 fully saturated rings. The van der Waals surface area contributed by atoms with Gasteiger partial charge in [0.1, 0.15) is 6.10 Å². The topological polar surface area (TPSA) is 38.3 Å². The number of hydrogen-bond acceptors (Lipinski definition) is 2. The zero-order valence-electron chi connectivity index (χ0n) is 15.6. The van der Waals surface area contributed by atoms with Crippen LogP contribution in [0.1, 0.15) is 86.5 Å². The van der Waals surface area contributed by atoms with Crippen molar-refractivity contribution in [2.24, 2.45) is 16.7 Å². The van der Waals surface area contributed by atoms with Crippen molar-refractivity contribution in [1.82, 2.24) is 5.32 Å². The number of ether oxygens (including phenoxy) is 1. The van der Waals surface area contributed by atoms with Gasteiger partial charge < -0.3 is 10.1 Å². The van der Waals surface area contributed by atoms with Gasteiger partial charge >= 0.3 is 6.09 Å². The van der Waals surface area contributed by atoms with E-state index in [1.807, 2.05) is 0 Å². The Balaban J connectivity index is 2.63. The standard InChI is InChI=1S/C19H37NO2/c1-7-8-9-10-11-15(2)12-19(6,14-18(3,4)5)16-13-20-17(21)22-16/h15-16H,7-14H2,1-6H3,(H,20,21). The molecule has 1 saturated heterocycles. The van der Waals surface area contributed by atoms with E-state index in [1.54, 1.807) is 0 Å². The zero-order valence-corrected chi connectivity index (χ0v) is 15.6. The molecule has 0 radical (unpaired) electrons. The van der Waals surface area contributed by atoms with Crippen LogP contribution in [0, 0.1) is 16.7 Å². The lowest BCUT2D eigenvalue weighted by Gasteiger charge is -2.40. The van der Waals surface area contributed by atoms with Gasteiger partial charge in [0.15, 0.2) is 0 Å². The number of carbonyl (C=O) groups is 1. The quantitative estimate of drug-likeness (QED) is 0.568. The summed E-state index contributed by atoms with van der Waals surface area (Å²) in [5, 5.41) is 2.83. The Labute approximate surface area is 137 Å². The Bertz CT molecular complexity index is 348. The fraction of sp³-hybridized carbons (Fsp3) is 0.947. The first-order chi connectivity index (χ1) is 10.2. The van der Waals surface area contributed by atoms with Gasteiger partial charge in [-0.3, -0.25) is 0 Å². The van der Waals surface area contributed by atoms with Crippen LogP contribution in [0.2, 0.25) is 0 Å². The number of hydrogen-bond donors (Lipinski definition) is 1. The molecule has 1 heterocycles. The molecule has 130 valence electrons. The van der Waals surface area contributed by atoms with Crippen molar-refractivity contribution in [2.45, 2.75) is 92.6 Å². The van der Waals surface area contributed by atoms with Gasteiger partial charge in [-0.05, 0) is 24.2 Å². The van der Waals surface area contributed by atoms with Gasteiger partial charge in [-0.1, -0.05) is 73.6 Å². The molecule has 3 unspecified atom stereocenters. The second-order valence-corrected chi connectivity index (χ2v) is 8.82. The highest BCUT2D eigenvalue weighted by atomic mass is 16.6. The highest BCUT2D eigenvalue weighted by molar-refractivity contribution is 5.69. The summed E-state index contributed by atoms with van der Waals surface area (Å²) in [6.07, 6.45) is 8.57. The van der Waals surface area contributed by atoms with Crippen molar-refractivity contribution in [2.75, 3.05) is 6.54 Å². The minimum Gasteiger partial charge on any atom is -0.444 e. The van der Waals surface area contributed by atoms with Crippen molar-refractivity contribution in [3.63, 3.8) is 0 Å². The fourth-order valence-corrected chi connectivity index (χ4v) is 4.12. The lowest BCUT2D eigenvalue weighted by molar-refractivity contribution is 0.00679. The molecule has 3 atom stereocenters. The maximum atomic E-state index is 11.5. The summed E-state index contributed by atoms with van der Waals surface area (Å²) >= 11 is 0. The van der Waals surface area contributed by atoms with Gasteiger partial charge in [0, 0.05) is 5.41 Å². The summed E-state index contributed by atoms with van der Waals surface area (Å²) in [5.41, 5.74) is 0.299. The Hall–Kier alpha value is -0.730. The third-order valence-electron chi connectivity index (χ3n) is 4.76. The monoisotopic (exact) mass is 311 g/mol. The molecule has 1 aliphatic heterocycles. The van der Waals surface area contributed by atoms with Crippen LogP contribution in [0.4, 0.5) is 4.79 Å². The molecule has 0 aromatic carbocycles. The van der Waals surface area contributed by atoms with Crippen LogP contribution in [0.25, 0.3) is 0 Å². The Kier molecular flexibility index (Phi) is 7.21. The Morgan fingerprint density at radius 3 is 2.41 bits per heavy atom. The average Bonchev–Trinajstić information content (AvgIpc) is 2.80. The number of nitrogens with one attached hydrogen (secondary N) is 1. The first-order valence-electron chi connectivity index (χ1n) is 9.11. The molecule has 1 amide bonds. The normalized spacial score (nSPS) is 22.8. The number of cyclic esters (lactones) is 1. The molecule has 1 aliphatic rings. The maximum absolute atomic E-state index is 11.5. The number of unbranched alkanes of at least 4 members (excludes halogenated alkanes) is 3. The lowest BCUT2D eigenvalue weighted by atomic mass is 9.67. The number of amides is 1. The predicted octanol–water partition coefficient (Wildman–Crippen LogP) is 5.53. The maximum Gasteiger partial charge on any atom is 0.407 e. The third kappa shape index (κ3) is 6.58. The van der Waals surface area contributed by atoms with Gasteiger partial charge in [0.25, 0.3) is 0 Å². The molecule has 0 spiro atoms. The van der Waals surface area contributed by atoms with Gasteiger partial charge in [-0.15, -0.1) is 0 Å². The summed E-state index contributed by atoms with van der Waals surface area (Å²) in [6, 6.07) is 0. The molecular formula is C19H37NO2. The highest BCUT2D eigenvalue weighted by Crippen LogP contribution is 2.43. The molecule has 0 aromatic rings. The van der Waals surface area contributed by atoms with Crippen LogP contribution >= 0.6 is 0 Å². The molecule has 3 nitrogen and oxygen atoms in total. The van der Waals surface area contributed by atoms with Crippen molar-refractivity contribution >= 4 is 6.09 Å². The zero-order chi connectivity index (χ0) is 16.8. The smallest absolute Gasteiger partial charge is 0.407 e. The summed E-state index contributed by atoms with van der Waals surface area (Å²) in [6.45, 7) is 14.4. The van der Waals surface area contributed by atoms with Crippen LogP contribution in [0.3, 0.4) is 0 Å². The van der Waals surface area contributed by atoms with Crippen molar-refractivity contribution < 1.29 is 9.53 Å². The van der Waals surface area contributed by atoms with Gasteiger partial charge in [0.2, 0.25) is 0 Å². The molecule has 22 heavy (non-hydrogen) atoms. The van der Waals surface area contributed by atoms with E-state index in [4.69, 9.17) is 4.74 Å². The molecular weight excluding hydrogens is 274 g/mol. The minimum absolute atomic E-state index is 0.0114. The van der Waals surface area contributed by atoms with Crippen LogP contribution in [-0.4, -0.2) is 18.7 Å². The summed E-state index contributed by atoms with van der Waals surface area (Å²) in [5.74, 6) is 0.684. The molecule has 1 rings (SSSR count). The SMILES string of the molecule is CCCCCCC(C)CC(C)(CC(C)(C)C)C1CNC(=O)O1. The van der Waals surface area contributed by atoms with Crippen LogP contribution in [0.15, 0.2) is 0 Å². The van der Waals surface area contributed by atoms with E-state index in [1.165, 1.54) is 32.1 Å². The van der Waals surface area contributed by atoms with E-state index in [2.05, 4.69) is 46.9 Å². The predicted molar refractivity (Wildman–Crippen MR) is 93.0 cm³/mol. The van der Waals surface area contributed by atoms with E-state index in [0.717, 1.165) is 12.8 Å². The van der Waals surface area contributed by atoms with Crippen LogP contribution in [0.5, 0.6) is 0 Å². The first kappa shape index (κ1) is 19.3. The molecule has 1 N–H and O–H groups in total. The van der Waals surface area contributed by atoms with Gasteiger partial charge in [-0.25, -0.2) is 4.79 Å². The first-order valence-corrected chi connectivity index (χ1v) is 9.11. The molecule has 0 aliphatic carbocycles. The fourth-order valence-electron chi connectivity index (χ4n) is 4.12. The number of rotatable bonds is 9. The van der Waals surface area contributed by atoms with Crippen molar-refractivity contribution in [3.05, 3.63) is 0 Å².